The summed E-state index contributed by atoms with van der Waals surface area (Å²) in [7, 11) is 0. The molecular formula is C26H42O2. The topological polar surface area (TPSA) is 26.3 Å². The van der Waals surface area contributed by atoms with E-state index in [0.29, 0.717) is 6.42 Å². The van der Waals surface area contributed by atoms with Gasteiger partial charge in [-0.1, -0.05) is 74.8 Å². The number of hydrogen-bond donors (Lipinski definition) is 0. The molecule has 1 aliphatic carbocycles. The molecule has 0 amide bonds. The summed E-state index contributed by atoms with van der Waals surface area (Å²) in [6.07, 6.45) is 34.4. The Kier molecular flexibility index (Phi) is 16.4. The fraction of sp³-hybridized carbons (Fsp3) is 0.654. The summed E-state index contributed by atoms with van der Waals surface area (Å²) >= 11 is 0. The van der Waals surface area contributed by atoms with Crippen LogP contribution in [-0.2, 0) is 9.53 Å². The van der Waals surface area contributed by atoms with Crippen LogP contribution in [0.15, 0.2) is 48.6 Å². The summed E-state index contributed by atoms with van der Waals surface area (Å²) in [5.41, 5.74) is 0. The lowest BCUT2D eigenvalue weighted by molar-refractivity contribution is -0.150. The lowest BCUT2D eigenvalue weighted by atomic mass is 9.98. The Morgan fingerprint density at radius 2 is 1.29 bits per heavy atom. The van der Waals surface area contributed by atoms with Gasteiger partial charge in [0.1, 0.15) is 6.10 Å². The van der Waals surface area contributed by atoms with Gasteiger partial charge >= 0.3 is 5.97 Å². The quantitative estimate of drug-likeness (QED) is 0.162. The van der Waals surface area contributed by atoms with Crippen LogP contribution >= 0.6 is 0 Å². The molecule has 0 unspecified atom stereocenters. The summed E-state index contributed by atoms with van der Waals surface area (Å²) in [5, 5.41) is 0. The van der Waals surface area contributed by atoms with Crippen LogP contribution in [0.5, 0.6) is 0 Å². The number of carbonyl (C=O) groups is 1. The predicted octanol–water partition coefficient (Wildman–Crippen LogP) is 8.01. The maximum Gasteiger partial charge on any atom is 0.306 e. The molecule has 0 N–H and O–H groups in total. The molecule has 0 aromatic heterocycles. The smallest absolute Gasteiger partial charge is 0.306 e. The van der Waals surface area contributed by atoms with Crippen molar-refractivity contribution < 1.29 is 9.53 Å². The summed E-state index contributed by atoms with van der Waals surface area (Å²) in [4.78, 5) is 11.8. The Labute approximate surface area is 173 Å². The van der Waals surface area contributed by atoms with Gasteiger partial charge in [-0.3, -0.25) is 4.79 Å². The van der Waals surface area contributed by atoms with Gasteiger partial charge in [0.15, 0.2) is 0 Å². The lowest BCUT2D eigenvalue weighted by Gasteiger charge is -2.21. The highest BCUT2D eigenvalue weighted by Crippen LogP contribution is 2.20. The van der Waals surface area contributed by atoms with E-state index in [1.54, 1.807) is 0 Å². The Bertz CT molecular complexity index is 479. The van der Waals surface area contributed by atoms with Crippen molar-refractivity contribution in [3.8, 4) is 0 Å². The first-order valence-electron chi connectivity index (χ1n) is 11.6. The number of carbonyl (C=O) groups excluding carboxylic acids is 1. The lowest BCUT2D eigenvalue weighted by Crippen LogP contribution is -2.20. The first-order valence-corrected chi connectivity index (χ1v) is 11.6. The summed E-state index contributed by atoms with van der Waals surface area (Å²) < 4.78 is 5.54. The average Bonchev–Trinajstić information content (AvgIpc) is 2.71. The molecule has 0 atom stereocenters. The molecule has 0 heterocycles. The number of unbranched alkanes of at least 4 members (excludes halogenated alkanes) is 4. The van der Waals surface area contributed by atoms with Gasteiger partial charge in [0.2, 0.25) is 0 Å². The number of hydrogen-bond acceptors (Lipinski definition) is 2. The first-order chi connectivity index (χ1) is 13.8. The molecule has 0 aromatic rings. The highest BCUT2D eigenvalue weighted by molar-refractivity contribution is 5.69. The van der Waals surface area contributed by atoms with Crippen molar-refractivity contribution in [2.45, 2.75) is 109 Å². The minimum Gasteiger partial charge on any atom is -0.462 e. The van der Waals surface area contributed by atoms with E-state index in [-0.39, 0.29) is 12.1 Å². The Balaban J connectivity index is 1.91. The molecule has 0 spiro atoms. The molecule has 0 aromatic carbocycles. The van der Waals surface area contributed by atoms with Crippen LogP contribution in [0.25, 0.3) is 0 Å². The SMILES string of the molecule is CCCCC/C=C\C/C=C\C/C=C\C/C=C\CCCC(=O)OC1CCCCC1. The molecule has 2 heteroatoms. The normalized spacial score (nSPS) is 16.2. The summed E-state index contributed by atoms with van der Waals surface area (Å²) in [5.74, 6) is -0.0113. The van der Waals surface area contributed by atoms with Gasteiger partial charge in [0.25, 0.3) is 0 Å². The highest BCUT2D eigenvalue weighted by Gasteiger charge is 2.16. The molecule has 0 bridgehead atoms. The van der Waals surface area contributed by atoms with Gasteiger partial charge in [0.05, 0.1) is 0 Å². The van der Waals surface area contributed by atoms with Gasteiger partial charge in [-0.15, -0.1) is 0 Å². The van der Waals surface area contributed by atoms with Crippen LogP contribution in [0, 0.1) is 0 Å². The fourth-order valence-corrected chi connectivity index (χ4v) is 3.35. The molecule has 0 aliphatic heterocycles. The number of esters is 1. The van der Waals surface area contributed by atoms with Crippen molar-refractivity contribution in [2.75, 3.05) is 0 Å². The zero-order chi connectivity index (χ0) is 20.1. The van der Waals surface area contributed by atoms with Crippen LogP contribution in [-0.4, -0.2) is 12.1 Å². The van der Waals surface area contributed by atoms with Crippen molar-refractivity contribution in [1.82, 2.24) is 0 Å². The van der Waals surface area contributed by atoms with Crippen molar-refractivity contribution in [3.05, 3.63) is 48.6 Å². The van der Waals surface area contributed by atoms with E-state index in [4.69, 9.17) is 4.74 Å². The molecule has 1 aliphatic rings. The van der Waals surface area contributed by atoms with Gasteiger partial charge in [-0.25, -0.2) is 0 Å². The largest absolute Gasteiger partial charge is 0.462 e. The number of rotatable bonds is 15. The monoisotopic (exact) mass is 386 g/mol. The van der Waals surface area contributed by atoms with Crippen LogP contribution in [0.1, 0.15) is 103 Å². The average molecular weight is 387 g/mol. The van der Waals surface area contributed by atoms with Gasteiger partial charge in [0, 0.05) is 6.42 Å². The van der Waals surface area contributed by atoms with Crippen molar-refractivity contribution in [3.63, 3.8) is 0 Å². The summed E-state index contributed by atoms with van der Waals surface area (Å²) in [6.45, 7) is 2.24. The second-order valence-electron chi connectivity index (χ2n) is 7.73. The molecule has 28 heavy (non-hydrogen) atoms. The minimum absolute atomic E-state index is 0.0113. The molecule has 2 nitrogen and oxygen atoms in total. The molecule has 0 radical (unpaired) electrons. The van der Waals surface area contributed by atoms with Crippen molar-refractivity contribution in [2.24, 2.45) is 0 Å². The van der Waals surface area contributed by atoms with Gasteiger partial charge < -0.3 is 4.74 Å². The zero-order valence-electron chi connectivity index (χ0n) is 18.1. The van der Waals surface area contributed by atoms with E-state index in [1.807, 2.05) is 0 Å². The Hall–Kier alpha value is -1.57. The number of ether oxygens (including phenoxy) is 1. The van der Waals surface area contributed by atoms with Crippen LogP contribution in [0.4, 0.5) is 0 Å². The molecule has 158 valence electrons. The molecule has 0 saturated heterocycles. The summed E-state index contributed by atoms with van der Waals surface area (Å²) in [6, 6.07) is 0. The highest BCUT2D eigenvalue weighted by atomic mass is 16.5. The van der Waals surface area contributed by atoms with Crippen LogP contribution < -0.4 is 0 Å². The fourth-order valence-electron chi connectivity index (χ4n) is 3.35. The second kappa shape index (κ2) is 18.8. The van der Waals surface area contributed by atoms with E-state index < -0.39 is 0 Å². The van der Waals surface area contributed by atoms with E-state index in [1.165, 1.54) is 44.9 Å². The van der Waals surface area contributed by atoms with Crippen LogP contribution in [0.2, 0.25) is 0 Å². The number of allylic oxidation sites excluding steroid dienone is 8. The maximum atomic E-state index is 11.8. The standard InChI is InChI=1S/C26H42O2/c1-2-3-4-5-6-7-8-9-10-11-12-13-14-15-16-17-21-24-26(27)28-25-22-19-18-20-23-25/h6-7,9-10,12-13,15-16,25H,2-5,8,11,14,17-24H2,1H3/b7-6-,10-9-,13-12-,16-15-. The van der Waals surface area contributed by atoms with Crippen molar-refractivity contribution >= 4 is 5.97 Å². The molecule has 1 fully saturated rings. The van der Waals surface area contributed by atoms with Gasteiger partial charge in [-0.05, 0) is 70.6 Å². The zero-order valence-corrected chi connectivity index (χ0v) is 18.1. The van der Waals surface area contributed by atoms with E-state index in [0.717, 1.165) is 44.9 Å². The Morgan fingerprint density at radius 3 is 1.86 bits per heavy atom. The van der Waals surface area contributed by atoms with E-state index in [9.17, 15) is 4.79 Å². The Morgan fingerprint density at radius 1 is 0.750 bits per heavy atom. The first kappa shape index (κ1) is 24.5. The van der Waals surface area contributed by atoms with E-state index in [2.05, 4.69) is 55.5 Å². The third-order valence-corrected chi connectivity index (χ3v) is 5.06. The van der Waals surface area contributed by atoms with Crippen LogP contribution in [0.3, 0.4) is 0 Å². The predicted molar refractivity (Wildman–Crippen MR) is 121 cm³/mol. The third-order valence-electron chi connectivity index (χ3n) is 5.06. The third kappa shape index (κ3) is 15.5. The molecule has 1 rings (SSSR count). The van der Waals surface area contributed by atoms with Crippen molar-refractivity contribution in [1.29, 1.82) is 0 Å². The maximum absolute atomic E-state index is 11.8. The van der Waals surface area contributed by atoms with Gasteiger partial charge in [-0.2, -0.15) is 0 Å². The van der Waals surface area contributed by atoms with E-state index >= 15 is 0 Å². The second-order valence-corrected chi connectivity index (χ2v) is 7.73. The molecular weight excluding hydrogens is 344 g/mol. The molecule has 1 saturated carbocycles. The minimum atomic E-state index is -0.0113.